The SMILES string of the molecule is CC[C@@H]1CN(CCC(=O)N[C@@H](c2ccncc2)c2ccccc2C)Cc2cc(OC)ccc2O1. The normalized spacial score (nSPS) is 16.6. The third-order valence-electron chi connectivity index (χ3n) is 6.37. The highest BCUT2D eigenvalue weighted by atomic mass is 16.5. The van der Waals surface area contributed by atoms with E-state index in [1.54, 1.807) is 19.5 Å². The van der Waals surface area contributed by atoms with Crippen LogP contribution in [-0.4, -0.2) is 42.1 Å². The lowest BCUT2D eigenvalue weighted by Gasteiger charge is -2.24. The first kappa shape index (κ1) is 23.8. The van der Waals surface area contributed by atoms with Crippen molar-refractivity contribution in [2.45, 2.75) is 45.4 Å². The van der Waals surface area contributed by atoms with Crippen LogP contribution in [0.2, 0.25) is 0 Å². The topological polar surface area (TPSA) is 63.7 Å². The second kappa shape index (κ2) is 11.2. The lowest BCUT2D eigenvalue weighted by Crippen LogP contribution is -2.36. The fourth-order valence-electron chi connectivity index (χ4n) is 4.41. The van der Waals surface area contributed by atoms with E-state index in [1.807, 2.05) is 42.5 Å². The van der Waals surface area contributed by atoms with Crippen molar-refractivity contribution < 1.29 is 14.3 Å². The van der Waals surface area contributed by atoms with Gasteiger partial charge in [-0.05, 0) is 60.4 Å². The number of rotatable bonds is 8. The highest BCUT2D eigenvalue weighted by molar-refractivity contribution is 5.77. The summed E-state index contributed by atoms with van der Waals surface area (Å²) in [6, 6.07) is 17.8. The maximum atomic E-state index is 13.1. The summed E-state index contributed by atoms with van der Waals surface area (Å²) in [4.78, 5) is 19.6. The largest absolute Gasteiger partial charge is 0.497 e. The monoisotopic (exact) mass is 459 g/mol. The van der Waals surface area contributed by atoms with Crippen LogP contribution in [0.15, 0.2) is 67.0 Å². The molecule has 4 rings (SSSR count). The first-order chi connectivity index (χ1) is 16.6. The summed E-state index contributed by atoms with van der Waals surface area (Å²) < 4.78 is 11.6. The van der Waals surface area contributed by atoms with Gasteiger partial charge in [-0.2, -0.15) is 0 Å². The number of ether oxygens (including phenoxy) is 2. The highest BCUT2D eigenvalue weighted by Crippen LogP contribution is 2.30. The molecule has 1 amide bonds. The van der Waals surface area contributed by atoms with Crippen LogP contribution >= 0.6 is 0 Å². The Labute approximate surface area is 201 Å². The standard InChI is InChI=1S/C28H33N3O3/c1-4-23-19-31(18-22-17-24(33-3)9-10-26(22)34-23)16-13-27(32)30-28(21-11-14-29-15-12-21)25-8-6-5-7-20(25)2/h5-12,14-15,17,23,28H,4,13,16,18-19H2,1-3H3,(H,30,32)/t23-,28+/m1/s1. The number of aryl methyl sites for hydroxylation is 1. The van der Waals surface area contributed by atoms with Crippen molar-refractivity contribution in [2.24, 2.45) is 0 Å². The molecule has 0 spiro atoms. The molecule has 3 aromatic rings. The Kier molecular flexibility index (Phi) is 7.80. The molecule has 1 N–H and O–H groups in total. The Balaban J connectivity index is 1.46. The number of carbonyl (C=O) groups excluding carboxylic acids is 1. The summed E-state index contributed by atoms with van der Waals surface area (Å²) in [5.41, 5.74) is 4.35. The average Bonchev–Trinajstić information content (AvgIpc) is 3.05. The third-order valence-corrected chi connectivity index (χ3v) is 6.37. The zero-order chi connectivity index (χ0) is 23.9. The molecule has 2 heterocycles. The van der Waals surface area contributed by atoms with Gasteiger partial charge in [0, 0.05) is 44.0 Å². The lowest BCUT2D eigenvalue weighted by molar-refractivity contribution is -0.122. The fourth-order valence-corrected chi connectivity index (χ4v) is 4.41. The van der Waals surface area contributed by atoms with Crippen LogP contribution in [0.3, 0.4) is 0 Å². The predicted octanol–water partition coefficient (Wildman–Crippen LogP) is 4.67. The van der Waals surface area contributed by atoms with E-state index in [2.05, 4.69) is 41.2 Å². The molecule has 6 nitrogen and oxygen atoms in total. The van der Waals surface area contributed by atoms with E-state index in [9.17, 15) is 4.79 Å². The number of amides is 1. The number of methoxy groups -OCH3 is 1. The highest BCUT2D eigenvalue weighted by Gasteiger charge is 2.24. The third kappa shape index (κ3) is 5.75. The van der Waals surface area contributed by atoms with Crippen molar-refractivity contribution in [1.29, 1.82) is 0 Å². The van der Waals surface area contributed by atoms with Crippen LogP contribution in [0.4, 0.5) is 0 Å². The molecule has 2 atom stereocenters. The van der Waals surface area contributed by atoms with Crippen molar-refractivity contribution in [2.75, 3.05) is 20.2 Å². The quantitative estimate of drug-likeness (QED) is 0.531. The van der Waals surface area contributed by atoms with Crippen LogP contribution in [0.1, 0.15) is 48.1 Å². The second-order valence-corrected chi connectivity index (χ2v) is 8.74. The number of nitrogens with one attached hydrogen (secondary N) is 1. The molecule has 0 radical (unpaired) electrons. The molecule has 1 aromatic heterocycles. The number of pyridine rings is 1. The van der Waals surface area contributed by atoms with Gasteiger partial charge in [-0.15, -0.1) is 0 Å². The van der Waals surface area contributed by atoms with Gasteiger partial charge in [0.15, 0.2) is 0 Å². The fraction of sp³-hybridized carbons (Fsp3) is 0.357. The first-order valence-electron chi connectivity index (χ1n) is 11.9. The van der Waals surface area contributed by atoms with E-state index in [1.165, 1.54) is 0 Å². The molecule has 0 aliphatic carbocycles. The zero-order valence-corrected chi connectivity index (χ0v) is 20.2. The Hall–Kier alpha value is -3.38. The minimum Gasteiger partial charge on any atom is -0.497 e. The van der Waals surface area contributed by atoms with E-state index < -0.39 is 0 Å². The van der Waals surface area contributed by atoms with E-state index in [0.29, 0.717) is 13.0 Å². The zero-order valence-electron chi connectivity index (χ0n) is 20.2. The van der Waals surface area contributed by atoms with E-state index in [0.717, 1.165) is 53.3 Å². The van der Waals surface area contributed by atoms with Gasteiger partial charge in [0.25, 0.3) is 0 Å². The number of benzene rings is 2. The lowest BCUT2D eigenvalue weighted by atomic mass is 9.95. The minimum absolute atomic E-state index is 0.0224. The second-order valence-electron chi connectivity index (χ2n) is 8.74. The number of hydrogen-bond donors (Lipinski definition) is 1. The van der Waals surface area contributed by atoms with Crippen LogP contribution in [-0.2, 0) is 11.3 Å². The number of aromatic nitrogens is 1. The van der Waals surface area contributed by atoms with Gasteiger partial charge in [0.1, 0.15) is 17.6 Å². The number of carbonyl (C=O) groups is 1. The predicted molar refractivity (Wildman–Crippen MR) is 133 cm³/mol. The van der Waals surface area contributed by atoms with Gasteiger partial charge in [0.2, 0.25) is 5.91 Å². The minimum atomic E-state index is -0.211. The van der Waals surface area contributed by atoms with Gasteiger partial charge in [-0.25, -0.2) is 0 Å². The van der Waals surface area contributed by atoms with E-state index >= 15 is 0 Å². The van der Waals surface area contributed by atoms with Gasteiger partial charge in [0.05, 0.1) is 13.2 Å². The number of nitrogens with zero attached hydrogens (tertiary/aromatic N) is 2. The van der Waals surface area contributed by atoms with E-state index in [4.69, 9.17) is 9.47 Å². The molecule has 0 fully saturated rings. The van der Waals surface area contributed by atoms with Crippen molar-refractivity contribution in [3.63, 3.8) is 0 Å². The smallest absolute Gasteiger partial charge is 0.222 e. The molecule has 1 aliphatic rings. The molecular weight excluding hydrogens is 426 g/mol. The Morgan fingerprint density at radius 3 is 2.74 bits per heavy atom. The summed E-state index contributed by atoms with van der Waals surface area (Å²) in [6.07, 6.45) is 4.94. The molecule has 0 bridgehead atoms. The number of hydrogen-bond acceptors (Lipinski definition) is 5. The summed E-state index contributed by atoms with van der Waals surface area (Å²) in [6.45, 7) is 6.36. The summed E-state index contributed by atoms with van der Waals surface area (Å²) in [5, 5.41) is 3.26. The molecule has 0 saturated carbocycles. The summed E-state index contributed by atoms with van der Waals surface area (Å²) in [5.74, 6) is 1.74. The molecule has 2 aromatic carbocycles. The molecule has 6 heteroatoms. The van der Waals surface area contributed by atoms with Gasteiger partial charge in [-0.3, -0.25) is 14.7 Å². The molecular formula is C28H33N3O3. The van der Waals surface area contributed by atoms with Crippen molar-refractivity contribution >= 4 is 5.91 Å². The van der Waals surface area contributed by atoms with Crippen LogP contribution in [0.5, 0.6) is 11.5 Å². The van der Waals surface area contributed by atoms with Gasteiger partial charge in [-0.1, -0.05) is 31.2 Å². The summed E-state index contributed by atoms with van der Waals surface area (Å²) in [7, 11) is 1.67. The maximum Gasteiger partial charge on any atom is 0.222 e. The van der Waals surface area contributed by atoms with Crippen molar-refractivity contribution in [1.82, 2.24) is 15.2 Å². The van der Waals surface area contributed by atoms with Gasteiger partial charge >= 0.3 is 0 Å². The molecule has 178 valence electrons. The number of fused-ring (bicyclic) bond motifs is 1. The summed E-state index contributed by atoms with van der Waals surface area (Å²) >= 11 is 0. The molecule has 34 heavy (non-hydrogen) atoms. The Morgan fingerprint density at radius 1 is 1.21 bits per heavy atom. The average molecular weight is 460 g/mol. The molecule has 1 aliphatic heterocycles. The van der Waals surface area contributed by atoms with Gasteiger partial charge < -0.3 is 14.8 Å². The van der Waals surface area contributed by atoms with Crippen molar-refractivity contribution in [3.05, 3.63) is 89.2 Å². The van der Waals surface area contributed by atoms with Crippen LogP contribution in [0.25, 0.3) is 0 Å². The van der Waals surface area contributed by atoms with E-state index in [-0.39, 0.29) is 18.1 Å². The molecule has 0 unspecified atom stereocenters. The van der Waals surface area contributed by atoms with Crippen molar-refractivity contribution in [3.8, 4) is 11.5 Å². The Bertz CT molecular complexity index is 1100. The van der Waals surface area contributed by atoms with Crippen LogP contribution < -0.4 is 14.8 Å². The molecule has 0 saturated heterocycles. The first-order valence-corrected chi connectivity index (χ1v) is 11.9. The van der Waals surface area contributed by atoms with Crippen LogP contribution in [0, 0.1) is 6.92 Å². The maximum absolute atomic E-state index is 13.1. The Morgan fingerprint density at radius 2 is 2.00 bits per heavy atom.